The van der Waals surface area contributed by atoms with E-state index in [2.05, 4.69) is 4.98 Å². The van der Waals surface area contributed by atoms with Crippen molar-refractivity contribution in [3.63, 3.8) is 0 Å². The number of aromatic nitrogens is 2. The molecule has 1 aromatic heterocycles. The Morgan fingerprint density at radius 3 is 3.35 bits per heavy atom. The van der Waals surface area contributed by atoms with E-state index in [0.29, 0.717) is 19.6 Å². The van der Waals surface area contributed by atoms with Crippen LogP contribution in [0.15, 0.2) is 17.1 Å². The topological polar surface area (TPSA) is 97.8 Å². The van der Waals surface area contributed by atoms with Crippen molar-refractivity contribution >= 4 is 24.5 Å². The maximum absolute atomic E-state index is 12.1. The molecule has 0 bridgehead atoms. The van der Waals surface area contributed by atoms with Crippen molar-refractivity contribution in [3.8, 4) is 0 Å². The van der Waals surface area contributed by atoms with Crippen LogP contribution in [-0.2, 0) is 18.9 Å². The highest BCUT2D eigenvalue weighted by Crippen LogP contribution is 2.30. The van der Waals surface area contributed by atoms with E-state index in [4.69, 9.17) is 27.4 Å². The monoisotopic (exact) mass is 346 g/mol. The SMILES string of the molecule is [2H]B([3H])SCOC[C@@H]1CC(OCCOC)[C@H](n2ccc(N)nc2=O)O1. The van der Waals surface area contributed by atoms with Gasteiger partial charge in [0.15, 0.2) is 13.3 Å². The normalized spacial score (nSPS) is 25.2. The molecule has 0 aromatic carbocycles. The predicted molar refractivity (Wildman–Crippen MR) is 90.0 cm³/mol. The zero-order valence-corrected chi connectivity index (χ0v) is 13.7. The molecule has 1 unspecified atom stereocenters. The van der Waals surface area contributed by atoms with Gasteiger partial charge in [0.1, 0.15) is 11.9 Å². The maximum Gasteiger partial charge on any atom is 0.351 e. The van der Waals surface area contributed by atoms with Crippen molar-refractivity contribution in [2.24, 2.45) is 0 Å². The average molecular weight is 346 g/mol. The van der Waals surface area contributed by atoms with Crippen LogP contribution in [0.2, 0.25) is 0 Å². The van der Waals surface area contributed by atoms with Crippen molar-refractivity contribution < 1.29 is 18.9 Å². The lowest BCUT2D eigenvalue weighted by molar-refractivity contribution is -0.0817. The molecule has 0 amide bonds. The van der Waals surface area contributed by atoms with Gasteiger partial charge in [0.2, 0.25) is 0 Å². The smallest absolute Gasteiger partial charge is 0.351 e. The van der Waals surface area contributed by atoms with Crippen LogP contribution in [0, 0.1) is 0 Å². The summed E-state index contributed by atoms with van der Waals surface area (Å²) in [6.45, 7) is 1.10. The van der Waals surface area contributed by atoms with Crippen molar-refractivity contribution in [1.82, 2.24) is 9.55 Å². The Hall–Kier alpha value is -1.07. The van der Waals surface area contributed by atoms with E-state index in [-0.39, 0.29) is 30.6 Å². The molecule has 3 atom stereocenters. The minimum Gasteiger partial charge on any atom is -0.383 e. The Morgan fingerprint density at radius 2 is 2.61 bits per heavy atom. The van der Waals surface area contributed by atoms with Gasteiger partial charge in [-0.25, -0.2) is 4.79 Å². The summed E-state index contributed by atoms with van der Waals surface area (Å²) in [6.07, 6.45) is 0.836. The first-order valence-electron chi connectivity index (χ1n) is 8.31. The van der Waals surface area contributed by atoms with Gasteiger partial charge in [0.05, 0.1) is 31.9 Å². The molecule has 1 aromatic rings. The number of rotatable bonds is 10. The highest BCUT2D eigenvalue weighted by atomic mass is 32.2. The molecule has 2 N–H and O–H groups in total. The first-order chi connectivity index (χ1) is 12.0. The molecule has 1 saturated heterocycles. The summed E-state index contributed by atoms with van der Waals surface area (Å²) in [5.74, 6) is 0.383. The Kier molecular flexibility index (Phi) is 6.24. The van der Waals surface area contributed by atoms with Gasteiger partial charge < -0.3 is 24.7 Å². The van der Waals surface area contributed by atoms with E-state index in [1.807, 2.05) is 0 Å². The highest BCUT2D eigenvalue weighted by molar-refractivity contribution is 8.19. The Morgan fingerprint density at radius 1 is 1.74 bits per heavy atom. The zero-order chi connectivity index (χ0) is 18.2. The van der Waals surface area contributed by atoms with Crippen molar-refractivity contribution in [2.75, 3.05) is 38.6 Å². The van der Waals surface area contributed by atoms with Crippen LogP contribution in [0.1, 0.15) is 12.6 Å². The minimum atomic E-state index is -0.984. The molecule has 1 fully saturated rings. The van der Waals surface area contributed by atoms with E-state index in [0.717, 1.165) is 11.6 Å². The van der Waals surface area contributed by atoms with Gasteiger partial charge in [0.25, 0.3) is 0 Å². The van der Waals surface area contributed by atoms with E-state index in [9.17, 15) is 4.79 Å². The van der Waals surface area contributed by atoms with Crippen molar-refractivity contribution in [1.29, 1.82) is 2.67 Å². The fourth-order valence-corrected chi connectivity index (χ4v) is 2.54. The van der Waals surface area contributed by atoms with Crippen LogP contribution >= 0.6 is 11.6 Å². The third-order valence-electron chi connectivity index (χ3n) is 3.35. The molecule has 128 valence electrons. The molecule has 8 nitrogen and oxygen atoms in total. The number of ether oxygens (including phenoxy) is 4. The molecule has 0 aliphatic carbocycles. The number of nitrogens with zero attached hydrogens (tertiary/aromatic N) is 2. The summed E-state index contributed by atoms with van der Waals surface area (Å²) in [5, 5.41) is 0. The van der Waals surface area contributed by atoms with Crippen LogP contribution in [-0.4, -0.2) is 64.4 Å². The molecule has 10 heteroatoms. The minimum absolute atomic E-state index is 0.147. The molecule has 0 radical (unpaired) electrons. The standard InChI is InChI=1S/C13H22BN3O5S/c1-19-4-5-21-10-6-9(7-20-8-23-14)22-12(10)17-3-2-11(15)16-13(17)18/h2-3,9-10,12H,4-8,14H2,1H3,(H2,15,16,18)/t9-,10?,12+/m0/s1/i14TD. The summed E-state index contributed by atoms with van der Waals surface area (Å²) in [5.41, 5.74) is 5.02. The second kappa shape index (κ2) is 9.28. The van der Waals surface area contributed by atoms with E-state index in [1.54, 1.807) is 7.11 Å². The maximum atomic E-state index is 12.1. The first-order valence-corrected chi connectivity index (χ1v) is 8.20. The van der Waals surface area contributed by atoms with E-state index < -0.39 is 19.0 Å². The lowest BCUT2D eigenvalue weighted by Crippen LogP contribution is -2.33. The van der Waals surface area contributed by atoms with Crippen molar-refractivity contribution in [3.05, 3.63) is 22.7 Å². The van der Waals surface area contributed by atoms with Crippen molar-refractivity contribution in [2.45, 2.75) is 24.9 Å². The fourth-order valence-electron chi connectivity index (χ4n) is 2.35. The summed E-state index contributed by atoms with van der Waals surface area (Å²) in [7, 11) is 0.599. The van der Waals surface area contributed by atoms with Crippen LogP contribution < -0.4 is 11.4 Å². The third kappa shape index (κ3) is 5.22. The summed E-state index contributed by atoms with van der Waals surface area (Å²) in [6, 6.07) is 1.53. The third-order valence-corrected chi connectivity index (χ3v) is 3.65. The van der Waals surface area contributed by atoms with Gasteiger partial charge in [-0.2, -0.15) is 16.6 Å². The van der Waals surface area contributed by atoms with E-state index >= 15 is 0 Å². The quantitative estimate of drug-likeness (QED) is 0.341. The number of nitrogens with two attached hydrogens (primary N) is 1. The molecule has 0 spiro atoms. The second-order valence-corrected chi connectivity index (χ2v) is 5.55. The number of hydrogen-bond acceptors (Lipinski definition) is 8. The first kappa shape index (κ1) is 15.5. The Labute approximate surface area is 142 Å². The molecule has 0 saturated carbocycles. The lowest BCUT2D eigenvalue weighted by atomic mass is 10.2. The number of hydrogen-bond donors (Lipinski definition) is 1. The van der Waals surface area contributed by atoms with Crippen LogP contribution in [0.4, 0.5) is 5.82 Å². The number of methoxy groups -OCH3 is 1. The lowest BCUT2D eigenvalue weighted by Gasteiger charge is -2.20. The van der Waals surface area contributed by atoms with Gasteiger partial charge in [0, 0.05) is 19.7 Å². The number of nitrogen functional groups attached to an aromatic ring is 1. The predicted octanol–water partition coefficient (Wildman–Crippen LogP) is -0.600. The van der Waals surface area contributed by atoms with Crippen LogP contribution in [0.5, 0.6) is 0 Å². The average Bonchev–Trinajstić information content (AvgIpc) is 2.94. The molecular formula is C13H22BN3O5S. The van der Waals surface area contributed by atoms with Crippen LogP contribution in [0.25, 0.3) is 0 Å². The van der Waals surface area contributed by atoms with Gasteiger partial charge in [-0.15, -0.1) is 0 Å². The molecule has 23 heavy (non-hydrogen) atoms. The zero-order valence-electron chi connectivity index (χ0n) is 14.9. The second-order valence-electron chi connectivity index (χ2n) is 4.98. The Bertz CT molecular complexity index is 597. The van der Waals surface area contributed by atoms with Gasteiger partial charge >= 0.3 is 5.69 Å². The summed E-state index contributed by atoms with van der Waals surface area (Å²) < 4.78 is 37.7. The van der Waals surface area contributed by atoms with Crippen LogP contribution in [0.3, 0.4) is 0 Å². The van der Waals surface area contributed by atoms with Gasteiger partial charge in [-0.3, -0.25) is 4.57 Å². The molecule has 1 aliphatic heterocycles. The molecule has 2 heterocycles. The van der Waals surface area contributed by atoms with E-state index in [1.165, 1.54) is 16.8 Å². The van der Waals surface area contributed by atoms with Gasteiger partial charge in [-0.05, 0) is 8.74 Å². The largest absolute Gasteiger partial charge is 0.383 e. The van der Waals surface area contributed by atoms with Gasteiger partial charge in [-0.1, -0.05) is 0 Å². The molecule has 1 aliphatic rings. The summed E-state index contributed by atoms with van der Waals surface area (Å²) in [4.78, 5) is 15.8. The fraction of sp³-hybridized carbons (Fsp3) is 0.692. The molecular weight excluding hydrogens is 321 g/mol. The highest BCUT2D eigenvalue weighted by Gasteiger charge is 2.38. The molecule has 2 rings (SSSR count). The number of anilines is 1. The summed E-state index contributed by atoms with van der Waals surface area (Å²) >= 11 is 1.06. The Balaban J connectivity index is 1.99.